The zero-order valence-corrected chi connectivity index (χ0v) is 22.4. The normalized spacial score (nSPS) is 23.2. The Balaban J connectivity index is 1.41. The maximum Gasteiger partial charge on any atom is 0.136 e. The van der Waals surface area contributed by atoms with Gasteiger partial charge in [0.05, 0.1) is 25.9 Å². The number of hydrogen-bond acceptors (Lipinski definition) is 5. The highest BCUT2D eigenvalue weighted by molar-refractivity contribution is 7.99. The zero-order chi connectivity index (χ0) is 26.0. The smallest absolute Gasteiger partial charge is 0.136 e. The molecule has 4 aromatic rings. The second kappa shape index (κ2) is 13.7. The van der Waals surface area contributed by atoms with E-state index in [1.54, 1.807) is 11.8 Å². The van der Waals surface area contributed by atoms with Crippen LogP contribution in [0, 0.1) is 0 Å². The molecule has 1 fully saturated rings. The Morgan fingerprint density at radius 3 is 1.39 bits per heavy atom. The molecule has 5 atom stereocenters. The van der Waals surface area contributed by atoms with E-state index in [2.05, 4.69) is 55.5 Å². The molecule has 1 aliphatic rings. The predicted octanol–water partition coefficient (Wildman–Crippen LogP) is 7.28. The number of thioether (sulfide) groups is 1. The van der Waals surface area contributed by atoms with Crippen LogP contribution >= 0.6 is 11.8 Å². The van der Waals surface area contributed by atoms with Crippen LogP contribution in [0.3, 0.4) is 0 Å². The van der Waals surface area contributed by atoms with Crippen LogP contribution in [0.1, 0.15) is 23.6 Å². The third-order valence-corrected chi connectivity index (χ3v) is 7.73. The summed E-state index contributed by atoms with van der Waals surface area (Å²) in [6.45, 7) is 3.48. The molecule has 0 aromatic heterocycles. The Hall–Kier alpha value is -2.93. The van der Waals surface area contributed by atoms with Gasteiger partial charge in [-0.1, -0.05) is 121 Å². The second-order valence-electron chi connectivity index (χ2n) is 9.42. The molecule has 1 saturated heterocycles. The van der Waals surface area contributed by atoms with Crippen LogP contribution in [0.5, 0.6) is 0 Å². The quantitative estimate of drug-likeness (QED) is 0.205. The minimum absolute atomic E-state index is 0.183. The minimum Gasteiger partial charge on any atom is -0.368 e. The summed E-state index contributed by atoms with van der Waals surface area (Å²) in [7, 11) is 0. The minimum atomic E-state index is -0.346. The van der Waals surface area contributed by atoms with Crippen molar-refractivity contribution >= 4 is 11.8 Å². The topological polar surface area (TPSA) is 36.9 Å². The molecular formula is C33H34O4S. The Morgan fingerprint density at radius 1 is 0.526 bits per heavy atom. The molecule has 1 heterocycles. The molecule has 0 saturated carbocycles. The Labute approximate surface area is 229 Å². The molecule has 1 unspecified atom stereocenters. The molecule has 0 aliphatic carbocycles. The maximum absolute atomic E-state index is 6.67. The molecule has 196 valence electrons. The van der Waals surface area contributed by atoms with Crippen LogP contribution in [0.4, 0.5) is 0 Å². The Kier molecular flexibility index (Phi) is 9.64. The van der Waals surface area contributed by atoms with Crippen LogP contribution in [-0.2, 0) is 38.8 Å². The highest BCUT2D eigenvalue weighted by atomic mass is 32.2. The summed E-state index contributed by atoms with van der Waals surface area (Å²) in [5, 5.41) is 0. The van der Waals surface area contributed by atoms with Crippen molar-refractivity contribution in [3.05, 3.63) is 138 Å². The van der Waals surface area contributed by atoms with E-state index in [4.69, 9.17) is 18.9 Å². The molecule has 5 heteroatoms. The fourth-order valence-electron chi connectivity index (χ4n) is 4.60. The van der Waals surface area contributed by atoms with Gasteiger partial charge in [0.25, 0.3) is 0 Å². The highest BCUT2D eigenvalue weighted by Crippen LogP contribution is 2.38. The van der Waals surface area contributed by atoms with Crippen molar-refractivity contribution in [1.29, 1.82) is 0 Å². The number of benzene rings is 4. The van der Waals surface area contributed by atoms with Crippen molar-refractivity contribution in [3.63, 3.8) is 0 Å². The van der Waals surface area contributed by atoms with E-state index in [1.807, 2.05) is 72.8 Å². The largest absolute Gasteiger partial charge is 0.368 e. The van der Waals surface area contributed by atoms with E-state index < -0.39 is 0 Å². The SMILES string of the molecule is C[C@@H]1OC(Sc2ccccc2)[C@@H](OCc2ccccc2)[C@H](OCc2ccccc2)[C@@H]1OCc1ccccc1. The van der Waals surface area contributed by atoms with Crippen LogP contribution in [0.15, 0.2) is 126 Å². The molecule has 5 rings (SSSR count). The third kappa shape index (κ3) is 7.34. The summed E-state index contributed by atoms with van der Waals surface area (Å²) in [4.78, 5) is 1.13. The van der Waals surface area contributed by atoms with Crippen molar-refractivity contribution in [2.24, 2.45) is 0 Å². The number of ether oxygens (including phenoxy) is 4. The van der Waals surface area contributed by atoms with Crippen molar-refractivity contribution in [1.82, 2.24) is 0 Å². The monoisotopic (exact) mass is 526 g/mol. The molecule has 0 N–H and O–H groups in total. The lowest BCUT2D eigenvalue weighted by molar-refractivity contribution is -0.242. The summed E-state index contributed by atoms with van der Waals surface area (Å²) < 4.78 is 26.4. The summed E-state index contributed by atoms with van der Waals surface area (Å²) in [5.41, 5.74) is 3.08. The number of hydrogen-bond donors (Lipinski definition) is 0. The van der Waals surface area contributed by atoms with E-state index in [-0.39, 0.29) is 29.9 Å². The molecule has 0 bridgehead atoms. The number of rotatable bonds is 11. The van der Waals surface area contributed by atoms with Gasteiger partial charge in [0.2, 0.25) is 0 Å². The van der Waals surface area contributed by atoms with E-state index >= 15 is 0 Å². The molecule has 4 nitrogen and oxygen atoms in total. The van der Waals surface area contributed by atoms with Gasteiger partial charge in [-0.2, -0.15) is 0 Å². The second-order valence-corrected chi connectivity index (χ2v) is 10.6. The van der Waals surface area contributed by atoms with Crippen LogP contribution in [-0.4, -0.2) is 29.9 Å². The fourth-order valence-corrected chi connectivity index (χ4v) is 5.78. The standard InChI is InChI=1S/C33H34O4S/c1-25-30(34-22-26-14-6-2-7-15-26)31(35-23-27-16-8-3-9-17-27)32(36-24-28-18-10-4-11-19-28)33(37-25)38-29-20-12-5-13-21-29/h2-21,25,30-33H,22-24H2,1H3/t25-,30+,31+,32-,33?/m0/s1. The van der Waals surface area contributed by atoms with Crippen LogP contribution in [0.25, 0.3) is 0 Å². The van der Waals surface area contributed by atoms with E-state index in [1.165, 1.54) is 0 Å². The van der Waals surface area contributed by atoms with Crippen molar-refractivity contribution < 1.29 is 18.9 Å². The van der Waals surface area contributed by atoms with Gasteiger partial charge in [-0.15, -0.1) is 0 Å². The maximum atomic E-state index is 6.67. The van der Waals surface area contributed by atoms with Crippen molar-refractivity contribution in [2.75, 3.05) is 0 Å². The summed E-state index contributed by atoms with van der Waals surface area (Å²) in [5.74, 6) is 0. The predicted molar refractivity (Wildman–Crippen MR) is 152 cm³/mol. The van der Waals surface area contributed by atoms with E-state index in [9.17, 15) is 0 Å². The van der Waals surface area contributed by atoms with Crippen molar-refractivity contribution in [2.45, 2.75) is 61.5 Å². The van der Waals surface area contributed by atoms with Gasteiger partial charge in [-0.3, -0.25) is 0 Å². The van der Waals surface area contributed by atoms with E-state index in [0.29, 0.717) is 19.8 Å². The lowest BCUT2D eigenvalue weighted by Crippen LogP contribution is -2.58. The van der Waals surface area contributed by atoms with Crippen molar-refractivity contribution in [3.8, 4) is 0 Å². The van der Waals surface area contributed by atoms with Gasteiger partial charge < -0.3 is 18.9 Å². The molecule has 38 heavy (non-hydrogen) atoms. The van der Waals surface area contributed by atoms with Crippen LogP contribution in [0.2, 0.25) is 0 Å². The van der Waals surface area contributed by atoms with Gasteiger partial charge in [0.15, 0.2) is 0 Å². The van der Waals surface area contributed by atoms with Gasteiger partial charge in [-0.05, 0) is 35.7 Å². The first-order chi connectivity index (χ1) is 18.8. The molecule has 0 spiro atoms. The zero-order valence-electron chi connectivity index (χ0n) is 21.6. The molecule has 0 radical (unpaired) electrons. The first-order valence-corrected chi connectivity index (χ1v) is 14.0. The highest BCUT2D eigenvalue weighted by Gasteiger charge is 2.47. The van der Waals surface area contributed by atoms with Gasteiger partial charge in [0, 0.05) is 4.90 Å². The van der Waals surface area contributed by atoms with Gasteiger partial charge in [-0.25, -0.2) is 0 Å². The molecule has 0 amide bonds. The fraction of sp³-hybridized carbons (Fsp3) is 0.273. The lowest BCUT2D eigenvalue weighted by atomic mass is 9.99. The first kappa shape index (κ1) is 26.7. The van der Waals surface area contributed by atoms with Gasteiger partial charge >= 0.3 is 0 Å². The van der Waals surface area contributed by atoms with Crippen LogP contribution < -0.4 is 0 Å². The third-order valence-electron chi connectivity index (χ3n) is 6.58. The lowest BCUT2D eigenvalue weighted by Gasteiger charge is -2.45. The van der Waals surface area contributed by atoms with E-state index in [0.717, 1.165) is 21.6 Å². The Bertz CT molecular complexity index is 1210. The summed E-state index contributed by atoms with van der Waals surface area (Å²) >= 11 is 1.67. The van der Waals surface area contributed by atoms with Gasteiger partial charge in [0.1, 0.15) is 23.7 Å². The molecule has 1 aliphatic heterocycles. The first-order valence-electron chi connectivity index (χ1n) is 13.1. The molecular weight excluding hydrogens is 492 g/mol. The average molecular weight is 527 g/mol. The summed E-state index contributed by atoms with van der Waals surface area (Å²) in [6, 6.07) is 41.0. The Morgan fingerprint density at radius 2 is 0.921 bits per heavy atom. The molecule has 4 aromatic carbocycles. The average Bonchev–Trinajstić information content (AvgIpc) is 2.97. The summed E-state index contributed by atoms with van der Waals surface area (Å²) in [6.07, 6.45) is -1.15.